The second-order valence-corrected chi connectivity index (χ2v) is 3.49. The Balaban J connectivity index is 3.89. The van der Waals surface area contributed by atoms with Gasteiger partial charge in [0.1, 0.15) is 0 Å². The molecule has 0 rings (SSSR count). The summed E-state index contributed by atoms with van der Waals surface area (Å²) in [7, 11) is 2.17. The largest absolute Gasteiger partial charge is 0.378 e. The number of hydrogen-bond donors (Lipinski definition) is 0. The Hall–Kier alpha value is -0.460. The van der Waals surface area contributed by atoms with Gasteiger partial charge in [-0.2, -0.15) is 0 Å². The lowest BCUT2D eigenvalue weighted by molar-refractivity contribution is 0.319. The van der Waals surface area contributed by atoms with Gasteiger partial charge in [-0.05, 0) is 19.8 Å². The fourth-order valence-electron chi connectivity index (χ4n) is 1.30. The van der Waals surface area contributed by atoms with Crippen molar-refractivity contribution in [3.63, 3.8) is 0 Å². The summed E-state index contributed by atoms with van der Waals surface area (Å²) in [5, 5.41) is 0. The summed E-state index contributed by atoms with van der Waals surface area (Å²) in [5.41, 5.74) is 1.38. The molecule has 0 N–H and O–H groups in total. The molecule has 0 atom stereocenters. The standard InChI is InChI=1S/C11H23N/c1-6-10(4)12(5)9-11(7-2)8-3/h6,11H,7-9H2,1-5H3/b10-6+. The van der Waals surface area contributed by atoms with Crippen molar-refractivity contribution in [3.8, 4) is 0 Å². The quantitative estimate of drug-likeness (QED) is 0.610. The van der Waals surface area contributed by atoms with Gasteiger partial charge in [0, 0.05) is 19.3 Å². The first-order valence-corrected chi connectivity index (χ1v) is 4.99. The van der Waals surface area contributed by atoms with Crippen LogP contribution in [0.25, 0.3) is 0 Å². The van der Waals surface area contributed by atoms with E-state index in [0.29, 0.717) is 0 Å². The van der Waals surface area contributed by atoms with Gasteiger partial charge in [-0.25, -0.2) is 0 Å². The minimum Gasteiger partial charge on any atom is -0.378 e. The third-order valence-corrected chi connectivity index (χ3v) is 2.71. The zero-order chi connectivity index (χ0) is 9.56. The van der Waals surface area contributed by atoms with Crippen LogP contribution >= 0.6 is 0 Å². The monoisotopic (exact) mass is 169 g/mol. The van der Waals surface area contributed by atoms with Crippen molar-refractivity contribution in [1.82, 2.24) is 4.90 Å². The second kappa shape index (κ2) is 6.10. The topological polar surface area (TPSA) is 3.24 Å². The van der Waals surface area contributed by atoms with Crippen molar-refractivity contribution in [1.29, 1.82) is 0 Å². The van der Waals surface area contributed by atoms with Gasteiger partial charge in [-0.15, -0.1) is 0 Å². The summed E-state index contributed by atoms with van der Waals surface area (Å²) in [6.45, 7) is 10.0. The summed E-state index contributed by atoms with van der Waals surface area (Å²) < 4.78 is 0. The Morgan fingerprint density at radius 1 is 1.33 bits per heavy atom. The Labute approximate surface area is 77.5 Å². The summed E-state index contributed by atoms with van der Waals surface area (Å²) in [4.78, 5) is 2.34. The van der Waals surface area contributed by atoms with Crippen LogP contribution in [0.4, 0.5) is 0 Å². The Bertz CT molecular complexity index is 134. The van der Waals surface area contributed by atoms with Gasteiger partial charge in [-0.1, -0.05) is 32.8 Å². The van der Waals surface area contributed by atoms with Crippen LogP contribution in [0.2, 0.25) is 0 Å². The van der Waals surface area contributed by atoms with Crippen LogP contribution in [-0.2, 0) is 0 Å². The highest BCUT2D eigenvalue weighted by Crippen LogP contribution is 2.11. The van der Waals surface area contributed by atoms with Gasteiger partial charge in [-0.3, -0.25) is 0 Å². The predicted molar refractivity (Wildman–Crippen MR) is 56.1 cm³/mol. The molecule has 0 aliphatic carbocycles. The van der Waals surface area contributed by atoms with Crippen LogP contribution in [0.15, 0.2) is 11.8 Å². The molecule has 0 saturated carbocycles. The molecule has 0 heterocycles. The molecular weight excluding hydrogens is 146 g/mol. The van der Waals surface area contributed by atoms with Crippen molar-refractivity contribution in [3.05, 3.63) is 11.8 Å². The van der Waals surface area contributed by atoms with Crippen LogP contribution in [0.3, 0.4) is 0 Å². The molecule has 0 aromatic heterocycles. The first-order chi connectivity index (χ1) is 5.65. The zero-order valence-electron chi connectivity index (χ0n) is 9.22. The van der Waals surface area contributed by atoms with Gasteiger partial charge in [0.25, 0.3) is 0 Å². The Morgan fingerprint density at radius 3 is 2.17 bits per heavy atom. The fourth-order valence-corrected chi connectivity index (χ4v) is 1.30. The maximum Gasteiger partial charge on any atom is 0.0199 e. The molecule has 0 bridgehead atoms. The normalized spacial score (nSPS) is 12.3. The summed E-state index contributed by atoms with van der Waals surface area (Å²) in [6.07, 6.45) is 4.75. The van der Waals surface area contributed by atoms with Crippen LogP contribution in [-0.4, -0.2) is 18.5 Å². The molecule has 0 amide bonds. The van der Waals surface area contributed by atoms with Gasteiger partial charge >= 0.3 is 0 Å². The van der Waals surface area contributed by atoms with Crippen molar-refractivity contribution < 1.29 is 0 Å². The van der Waals surface area contributed by atoms with E-state index in [1.807, 2.05) is 0 Å². The van der Waals surface area contributed by atoms with E-state index in [9.17, 15) is 0 Å². The van der Waals surface area contributed by atoms with Crippen LogP contribution in [0, 0.1) is 5.92 Å². The first kappa shape index (κ1) is 11.5. The van der Waals surface area contributed by atoms with E-state index in [1.54, 1.807) is 0 Å². The number of nitrogens with zero attached hydrogens (tertiary/aromatic N) is 1. The SMILES string of the molecule is C/C=C(\C)N(C)CC(CC)CC. The molecule has 0 radical (unpaired) electrons. The second-order valence-electron chi connectivity index (χ2n) is 3.49. The molecule has 0 aromatic rings. The molecule has 0 saturated heterocycles. The predicted octanol–water partition coefficient (Wildman–Crippen LogP) is 3.28. The number of hydrogen-bond acceptors (Lipinski definition) is 1. The first-order valence-electron chi connectivity index (χ1n) is 4.99. The Kier molecular flexibility index (Phi) is 5.87. The van der Waals surface area contributed by atoms with E-state index in [-0.39, 0.29) is 0 Å². The third-order valence-electron chi connectivity index (χ3n) is 2.71. The third kappa shape index (κ3) is 3.80. The lowest BCUT2D eigenvalue weighted by Gasteiger charge is -2.24. The van der Waals surface area contributed by atoms with E-state index in [2.05, 4.69) is 45.7 Å². The lowest BCUT2D eigenvalue weighted by atomic mass is 10.0. The number of allylic oxidation sites excluding steroid dienone is 2. The van der Waals surface area contributed by atoms with Gasteiger partial charge in [0.15, 0.2) is 0 Å². The maximum atomic E-state index is 2.34. The van der Waals surface area contributed by atoms with Crippen LogP contribution < -0.4 is 0 Å². The van der Waals surface area contributed by atoms with Gasteiger partial charge < -0.3 is 4.90 Å². The average molecular weight is 169 g/mol. The zero-order valence-corrected chi connectivity index (χ0v) is 9.22. The Morgan fingerprint density at radius 2 is 1.83 bits per heavy atom. The van der Waals surface area contributed by atoms with E-state index < -0.39 is 0 Å². The summed E-state index contributed by atoms with van der Waals surface area (Å²) >= 11 is 0. The van der Waals surface area contributed by atoms with E-state index in [0.717, 1.165) is 5.92 Å². The van der Waals surface area contributed by atoms with Gasteiger partial charge in [0.05, 0.1) is 0 Å². The number of rotatable bonds is 5. The van der Waals surface area contributed by atoms with Crippen LogP contribution in [0.1, 0.15) is 40.5 Å². The molecule has 0 unspecified atom stereocenters. The molecule has 12 heavy (non-hydrogen) atoms. The highest BCUT2D eigenvalue weighted by atomic mass is 15.1. The fraction of sp³-hybridized carbons (Fsp3) is 0.818. The van der Waals surface area contributed by atoms with E-state index in [4.69, 9.17) is 0 Å². The molecule has 1 heteroatoms. The highest BCUT2D eigenvalue weighted by molar-refractivity contribution is 4.93. The molecule has 0 aliphatic rings. The van der Waals surface area contributed by atoms with Gasteiger partial charge in [0.2, 0.25) is 0 Å². The van der Waals surface area contributed by atoms with E-state index in [1.165, 1.54) is 25.1 Å². The molecule has 1 nitrogen and oxygen atoms in total. The van der Waals surface area contributed by atoms with E-state index >= 15 is 0 Å². The maximum absolute atomic E-state index is 2.34. The summed E-state index contributed by atoms with van der Waals surface area (Å²) in [5.74, 6) is 0.852. The molecule has 0 spiro atoms. The molecule has 72 valence electrons. The smallest absolute Gasteiger partial charge is 0.0199 e. The molecule has 0 aliphatic heterocycles. The molecular formula is C11H23N. The average Bonchev–Trinajstić information content (AvgIpc) is 2.12. The molecule has 0 fully saturated rings. The summed E-state index contributed by atoms with van der Waals surface area (Å²) in [6, 6.07) is 0. The minimum atomic E-state index is 0.852. The van der Waals surface area contributed by atoms with Crippen molar-refractivity contribution in [2.24, 2.45) is 5.92 Å². The van der Waals surface area contributed by atoms with Crippen molar-refractivity contribution in [2.45, 2.75) is 40.5 Å². The molecule has 0 aromatic carbocycles. The highest BCUT2D eigenvalue weighted by Gasteiger charge is 2.06. The van der Waals surface area contributed by atoms with Crippen molar-refractivity contribution in [2.75, 3.05) is 13.6 Å². The van der Waals surface area contributed by atoms with Crippen LogP contribution in [0.5, 0.6) is 0 Å². The lowest BCUT2D eigenvalue weighted by Crippen LogP contribution is -2.23. The minimum absolute atomic E-state index is 0.852. The van der Waals surface area contributed by atoms with Crippen molar-refractivity contribution >= 4 is 0 Å².